The summed E-state index contributed by atoms with van der Waals surface area (Å²) in [5.74, 6) is 3.12. The number of imide groups is 1. The topological polar surface area (TPSA) is 55.8 Å². The molecule has 0 unspecified atom stereocenters. The quantitative estimate of drug-likeness (QED) is 0.608. The van der Waals surface area contributed by atoms with Crippen LogP contribution >= 0.6 is 11.8 Å². The first kappa shape index (κ1) is 20.1. The van der Waals surface area contributed by atoms with Crippen LogP contribution in [0.4, 0.5) is 4.79 Å². The van der Waals surface area contributed by atoms with Gasteiger partial charge in [-0.3, -0.25) is 14.5 Å². The molecule has 1 saturated heterocycles. The highest BCUT2D eigenvalue weighted by molar-refractivity contribution is 8.18. The number of methoxy groups -OCH3 is 2. The van der Waals surface area contributed by atoms with Crippen LogP contribution in [0.1, 0.15) is 49.7 Å². The van der Waals surface area contributed by atoms with Crippen LogP contribution in [0.15, 0.2) is 23.1 Å². The highest BCUT2D eigenvalue weighted by Gasteiger charge is 2.51. The Kier molecular flexibility index (Phi) is 5.18. The van der Waals surface area contributed by atoms with Crippen molar-refractivity contribution < 1.29 is 19.1 Å². The van der Waals surface area contributed by atoms with E-state index < -0.39 is 0 Å². The Labute approximate surface area is 182 Å². The number of amides is 2. The lowest BCUT2D eigenvalue weighted by Crippen LogP contribution is -2.48. The summed E-state index contributed by atoms with van der Waals surface area (Å²) in [6.45, 7) is 0.624. The largest absolute Gasteiger partial charge is 0.496 e. The van der Waals surface area contributed by atoms with Gasteiger partial charge in [-0.25, -0.2) is 0 Å². The summed E-state index contributed by atoms with van der Waals surface area (Å²) in [6.07, 6.45) is 9.94. The number of ether oxygens (including phenoxy) is 2. The molecule has 5 aliphatic rings. The molecule has 1 aliphatic heterocycles. The minimum absolute atomic E-state index is 0.237. The van der Waals surface area contributed by atoms with E-state index >= 15 is 0 Å². The first-order chi connectivity index (χ1) is 14.5. The zero-order chi connectivity index (χ0) is 20.9. The minimum Gasteiger partial charge on any atom is -0.496 e. The van der Waals surface area contributed by atoms with E-state index in [0.717, 1.165) is 40.8 Å². The Morgan fingerprint density at radius 2 is 1.77 bits per heavy atom. The fraction of sp³-hybridized carbons (Fsp3) is 0.583. The van der Waals surface area contributed by atoms with Crippen molar-refractivity contribution in [3.63, 3.8) is 0 Å². The normalized spacial score (nSPS) is 33.7. The summed E-state index contributed by atoms with van der Waals surface area (Å²) in [6, 6.07) is 6.48. The Balaban J connectivity index is 1.47. The zero-order valence-electron chi connectivity index (χ0n) is 17.7. The van der Waals surface area contributed by atoms with Gasteiger partial charge in [0.25, 0.3) is 11.1 Å². The number of hydrogen-bond acceptors (Lipinski definition) is 5. The Morgan fingerprint density at radius 3 is 2.37 bits per heavy atom. The van der Waals surface area contributed by atoms with Crippen molar-refractivity contribution in [3.05, 3.63) is 34.2 Å². The van der Waals surface area contributed by atoms with E-state index in [1.807, 2.05) is 12.1 Å². The fourth-order valence-electron chi connectivity index (χ4n) is 6.66. The van der Waals surface area contributed by atoms with Gasteiger partial charge in [0.2, 0.25) is 0 Å². The summed E-state index contributed by atoms with van der Waals surface area (Å²) in [5, 5.41) is -0.237. The summed E-state index contributed by atoms with van der Waals surface area (Å²) in [4.78, 5) is 26.7. The van der Waals surface area contributed by atoms with Crippen LogP contribution in [0.3, 0.4) is 0 Å². The summed E-state index contributed by atoms with van der Waals surface area (Å²) in [7, 11) is 3.22. The maximum Gasteiger partial charge on any atom is 0.293 e. The SMILES string of the molecule is COCCN1C(=O)S/C(=C/c2cc(C34CC5CC(CC(C5)C3)C4)ccc2OC)C1=O. The van der Waals surface area contributed by atoms with Crippen molar-refractivity contribution in [3.8, 4) is 5.75 Å². The highest BCUT2D eigenvalue weighted by atomic mass is 32.2. The average Bonchev–Trinajstić information content (AvgIpc) is 2.98. The summed E-state index contributed by atoms with van der Waals surface area (Å²) in [5.41, 5.74) is 2.55. The Bertz CT molecular complexity index is 873. The molecule has 0 N–H and O–H groups in total. The maximum absolute atomic E-state index is 12.8. The molecule has 0 spiro atoms. The first-order valence-electron chi connectivity index (χ1n) is 10.9. The van der Waals surface area contributed by atoms with Crippen molar-refractivity contribution in [2.45, 2.75) is 43.9 Å². The molecule has 4 saturated carbocycles. The molecule has 0 aromatic heterocycles. The third-order valence-electron chi connectivity index (χ3n) is 7.56. The molecule has 160 valence electrons. The molecule has 1 aromatic rings. The number of nitrogens with zero attached hydrogens (tertiary/aromatic N) is 1. The predicted octanol–water partition coefficient (Wildman–Crippen LogP) is 4.85. The van der Waals surface area contributed by atoms with E-state index in [1.165, 1.54) is 49.0 Å². The Hall–Kier alpha value is -1.79. The van der Waals surface area contributed by atoms with Gasteiger partial charge < -0.3 is 9.47 Å². The van der Waals surface area contributed by atoms with E-state index in [0.29, 0.717) is 11.5 Å². The van der Waals surface area contributed by atoms with Gasteiger partial charge in [0, 0.05) is 12.7 Å². The third-order valence-corrected chi connectivity index (χ3v) is 8.47. The second-order valence-electron chi connectivity index (χ2n) is 9.48. The van der Waals surface area contributed by atoms with Crippen LogP contribution in [-0.4, -0.2) is 43.4 Å². The number of rotatable bonds is 6. The fourth-order valence-corrected chi connectivity index (χ4v) is 7.51. The van der Waals surface area contributed by atoms with Gasteiger partial charge >= 0.3 is 0 Å². The van der Waals surface area contributed by atoms with Gasteiger partial charge in [0.1, 0.15) is 5.75 Å². The number of benzene rings is 1. The van der Waals surface area contributed by atoms with E-state index in [9.17, 15) is 9.59 Å². The molecule has 1 heterocycles. The molecule has 2 amide bonds. The van der Waals surface area contributed by atoms with Crippen LogP contribution in [0, 0.1) is 17.8 Å². The summed E-state index contributed by atoms with van der Waals surface area (Å²) >= 11 is 0.999. The van der Waals surface area contributed by atoms with Gasteiger partial charge in [-0.15, -0.1) is 0 Å². The zero-order valence-corrected chi connectivity index (χ0v) is 18.5. The van der Waals surface area contributed by atoms with Gasteiger partial charge in [0.15, 0.2) is 0 Å². The molecule has 4 bridgehead atoms. The molecular formula is C24H29NO4S. The van der Waals surface area contributed by atoms with E-state index in [2.05, 4.69) is 12.1 Å². The van der Waals surface area contributed by atoms with Crippen LogP contribution in [0.5, 0.6) is 5.75 Å². The number of carbonyl (C=O) groups is 2. The van der Waals surface area contributed by atoms with Gasteiger partial charge in [-0.2, -0.15) is 0 Å². The second kappa shape index (κ2) is 7.72. The van der Waals surface area contributed by atoms with Crippen LogP contribution in [0.25, 0.3) is 6.08 Å². The molecule has 6 rings (SSSR count). The predicted molar refractivity (Wildman–Crippen MR) is 117 cm³/mol. The smallest absolute Gasteiger partial charge is 0.293 e. The van der Waals surface area contributed by atoms with E-state index in [1.54, 1.807) is 14.2 Å². The van der Waals surface area contributed by atoms with Crippen LogP contribution in [-0.2, 0) is 14.9 Å². The van der Waals surface area contributed by atoms with Crippen molar-refractivity contribution in [2.24, 2.45) is 17.8 Å². The number of thioether (sulfide) groups is 1. The lowest BCUT2D eigenvalue weighted by molar-refractivity contribution is -0.123. The van der Waals surface area contributed by atoms with Crippen molar-refractivity contribution >= 4 is 29.0 Å². The van der Waals surface area contributed by atoms with Crippen LogP contribution < -0.4 is 4.74 Å². The molecule has 1 aromatic carbocycles. The van der Waals surface area contributed by atoms with Gasteiger partial charge in [0.05, 0.1) is 25.2 Å². The summed E-state index contributed by atoms with van der Waals surface area (Å²) < 4.78 is 10.6. The maximum atomic E-state index is 12.8. The van der Waals surface area contributed by atoms with E-state index in [4.69, 9.17) is 9.47 Å². The lowest BCUT2D eigenvalue weighted by Gasteiger charge is -2.57. The Morgan fingerprint density at radius 1 is 1.10 bits per heavy atom. The van der Waals surface area contributed by atoms with Crippen molar-refractivity contribution in [1.82, 2.24) is 4.90 Å². The first-order valence-corrected chi connectivity index (χ1v) is 11.8. The molecule has 5 fully saturated rings. The van der Waals surface area contributed by atoms with Gasteiger partial charge in [-0.05, 0) is 97.2 Å². The standard InChI is InChI=1S/C24H29NO4S/c1-28-6-5-25-22(26)21(30-23(25)27)11-18-10-19(3-4-20(18)29-2)24-12-15-7-16(13-24)9-17(8-15)14-24/h3-4,10-11,15-17H,5-9,12-14H2,1-2H3/b21-11+. The minimum atomic E-state index is -0.246. The third kappa shape index (κ3) is 3.38. The molecular weight excluding hydrogens is 398 g/mol. The van der Waals surface area contributed by atoms with E-state index in [-0.39, 0.29) is 23.1 Å². The molecule has 6 heteroatoms. The van der Waals surface area contributed by atoms with Gasteiger partial charge in [-0.1, -0.05) is 6.07 Å². The van der Waals surface area contributed by atoms with Crippen molar-refractivity contribution in [2.75, 3.05) is 27.4 Å². The molecule has 0 radical (unpaired) electrons. The molecule has 30 heavy (non-hydrogen) atoms. The molecule has 4 aliphatic carbocycles. The number of carbonyl (C=O) groups excluding carboxylic acids is 2. The average molecular weight is 428 g/mol. The molecule has 0 atom stereocenters. The lowest BCUT2D eigenvalue weighted by atomic mass is 9.48. The highest BCUT2D eigenvalue weighted by Crippen LogP contribution is 2.61. The van der Waals surface area contributed by atoms with Crippen molar-refractivity contribution in [1.29, 1.82) is 0 Å². The second-order valence-corrected chi connectivity index (χ2v) is 10.5. The van der Waals surface area contributed by atoms with Crippen LogP contribution in [0.2, 0.25) is 0 Å². The monoisotopic (exact) mass is 427 g/mol. The molecule has 5 nitrogen and oxygen atoms in total. The number of hydrogen-bond donors (Lipinski definition) is 0.